The second kappa shape index (κ2) is 6.19. The first kappa shape index (κ1) is 14.0. The third kappa shape index (κ3) is 3.19. The molecule has 1 aliphatic carbocycles. The van der Waals surface area contributed by atoms with E-state index in [2.05, 4.69) is 12.1 Å². The molecule has 110 valence electrons. The van der Waals surface area contributed by atoms with E-state index in [1.807, 2.05) is 30.3 Å². The number of hydrogen-bond donors (Lipinski definition) is 1. The molecule has 3 nitrogen and oxygen atoms in total. The zero-order valence-electron chi connectivity index (χ0n) is 12.3. The summed E-state index contributed by atoms with van der Waals surface area (Å²) in [7, 11) is 1.67. The third-order valence-electron chi connectivity index (χ3n) is 4.04. The first-order valence-corrected chi connectivity index (χ1v) is 7.40. The van der Waals surface area contributed by atoms with Gasteiger partial charge in [0.15, 0.2) is 0 Å². The molecule has 2 aromatic rings. The molecule has 0 fully saturated rings. The van der Waals surface area contributed by atoms with Crippen LogP contribution in [0.3, 0.4) is 0 Å². The van der Waals surface area contributed by atoms with Gasteiger partial charge in [-0.1, -0.05) is 18.2 Å². The van der Waals surface area contributed by atoms with Crippen LogP contribution < -0.4 is 15.2 Å². The van der Waals surface area contributed by atoms with Gasteiger partial charge in [-0.3, -0.25) is 0 Å². The highest BCUT2D eigenvalue weighted by molar-refractivity contribution is 5.39. The summed E-state index contributed by atoms with van der Waals surface area (Å²) in [5, 5.41) is 0. The predicted molar refractivity (Wildman–Crippen MR) is 83.6 cm³/mol. The minimum Gasteiger partial charge on any atom is -0.497 e. The quantitative estimate of drug-likeness (QED) is 0.932. The van der Waals surface area contributed by atoms with E-state index in [1.54, 1.807) is 7.11 Å². The highest BCUT2D eigenvalue weighted by Crippen LogP contribution is 2.31. The molecule has 0 saturated carbocycles. The first-order chi connectivity index (χ1) is 10.3. The minimum atomic E-state index is 0.151. The second-order valence-corrected chi connectivity index (χ2v) is 5.50. The van der Waals surface area contributed by atoms with Crippen LogP contribution in [-0.2, 0) is 13.0 Å². The molecule has 3 rings (SSSR count). The van der Waals surface area contributed by atoms with Gasteiger partial charge < -0.3 is 15.2 Å². The molecule has 1 atom stereocenters. The third-order valence-corrected chi connectivity index (χ3v) is 4.04. The van der Waals surface area contributed by atoms with E-state index >= 15 is 0 Å². The van der Waals surface area contributed by atoms with E-state index in [9.17, 15) is 0 Å². The van der Waals surface area contributed by atoms with Crippen molar-refractivity contribution >= 4 is 0 Å². The van der Waals surface area contributed by atoms with Crippen LogP contribution in [0.5, 0.6) is 11.5 Å². The lowest BCUT2D eigenvalue weighted by atomic mass is 9.88. The van der Waals surface area contributed by atoms with Crippen LogP contribution in [0, 0.1) is 0 Å². The topological polar surface area (TPSA) is 44.5 Å². The van der Waals surface area contributed by atoms with Gasteiger partial charge in [-0.15, -0.1) is 0 Å². The standard InChI is InChI=1S/C18H21NO2/c1-20-15-8-5-13(6-9-15)12-21-16-10-7-14-3-2-4-18(19)17(14)11-16/h5-11,18H,2-4,12,19H2,1H3/t18-/m0/s1. The molecule has 0 aromatic heterocycles. The van der Waals surface area contributed by atoms with Gasteiger partial charge in [-0.05, 0) is 60.2 Å². The van der Waals surface area contributed by atoms with Crippen LogP contribution in [0.15, 0.2) is 42.5 Å². The number of aryl methyl sites for hydroxylation is 1. The largest absolute Gasteiger partial charge is 0.497 e. The molecule has 2 N–H and O–H groups in total. The lowest BCUT2D eigenvalue weighted by Gasteiger charge is -2.22. The maximum absolute atomic E-state index is 6.19. The molecule has 0 amide bonds. The van der Waals surface area contributed by atoms with Crippen molar-refractivity contribution in [2.45, 2.75) is 31.9 Å². The summed E-state index contributed by atoms with van der Waals surface area (Å²) >= 11 is 0. The highest BCUT2D eigenvalue weighted by atomic mass is 16.5. The average Bonchev–Trinajstić information content (AvgIpc) is 2.54. The van der Waals surface area contributed by atoms with Crippen LogP contribution in [-0.4, -0.2) is 7.11 Å². The number of hydrogen-bond acceptors (Lipinski definition) is 3. The minimum absolute atomic E-state index is 0.151. The lowest BCUT2D eigenvalue weighted by molar-refractivity contribution is 0.305. The Morgan fingerprint density at radius 1 is 1.10 bits per heavy atom. The molecule has 21 heavy (non-hydrogen) atoms. The molecule has 0 spiro atoms. The van der Waals surface area contributed by atoms with Gasteiger partial charge >= 0.3 is 0 Å². The predicted octanol–water partition coefficient (Wildman–Crippen LogP) is 3.61. The maximum Gasteiger partial charge on any atom is 0.120 e. The average molecular weight is 283 g/mol. The van der Waals surface area contributed by atoms with Crippen molar-refractivity contribution in [2.75, 3.05) is 7.11 Å². The molecule has 1 aliphatic rings. The molecular formula is C18H21NO2. The van der Waals surface area contributed by atoms with E-state index in [1.165, 1.54) is 17.5 Å². The Kier molecular flexibility index (Phi) is 4.11. The fourth-order valence-corrected chi connectivity index (χ4v) is 2.79. The van der Waals surface area contributed by atoms with Crippen LogP contribution in [0.2, 0.25) is 0 Å². The fourth-order valence-electron chi connectivity index (χ4n) is 2.79. The van der Waals surface area contributed by atoms with Crippen molar-refractivity contribution in [1.29, 1.82) is 0 Å². The van der Waals surface area contributed by atoms with Gasteiger partial charge in [0.1, 0.15) is 18.1 Å². The van der Waals surface area contributed by atoms with Crippen molar-refractivity contribution in [2.24, 2.45) is 5.73 Å². The maximum atomic E-state index is 6.19. The van der Waals surface area contributed by atoms with Crippen LogP contribution >= 0.6 is 0 Å². The van der Waals surface area contributed by atoms with Crippen molar-refractivity contribution in [1.82, 2.24) is 0 Å². The zero-order chi connectivity index (χ0) is 14.7. The molecule has 0 aliphatic heterocycles. The first-order valence-electron chi connectivity index (χ1n) is 7.40. The SMILES string of the molecule is COc1ccc(COc2ccc3c(c2)[C@@H](N)CCC3)cc1. The Bertz CT molecular complexity index is 607. The van der Waals surface area contributed by atoms with Crippen molar-refractivity contribution < 1.29 is 9.47 Å². The number of rotatable bonds is 4. The Balaban J connectivity index is 1.68. The molecule has 0 radical (unpaired) electrons. The van der Waals surface area contributed by atoms with E-state index < -0.39 is 0 Å². The molecule has 0 bridgehead atoms. The highest BCUT2D eigenvalue weighted by Gasteiger charge is 2.17. The molecule has 0 heterocycles. The van der Waals surface area contributed by atoms with Crippen molar-refractivity contribution in [3.05, 3.63) is 59.2 Å². The Morgan fingerprint density at radius 3 is 2.62 bits per heavy atom. The van der Waals surface area contributed by atoms with Gasteiger partial charge in [-0.25, -0.2) is 0 Å². The summed E-state index contributed by atoms with van der Waals surface area (Å²) in [4.78, 5) is 0. The summed E-state index contributed by atoms with van der Waals surface area (Å²) in [5.74, 6) is 1.75. The lowest BCUT2D eigenvalue weighted by Crippen LogP contribution is -2.17. The summed E-state index contributed by atoms with van der Waals surface area (Å²) < 4.78 is 11.0. The number of benzene rings is 2. The molecular weight excluding hydrogens is 262 g/mol. The Labute approximate surface area is 125 Å². The summed E-state index contributed by atoms with van der Waals surface area (Å²) in [6.45, 7) is 0.554. The molecule has 2 aromatic carbocycles. The number of fused-ring (bicyclic) bond motifs is 1. The van der Waals surface area contributed by atoms with E-state index in [4.69, 9.17) is 15.2 Å². The Hall–Kier alpha value is -2.00. The van der Waals surface area contributed by atoms with E-state index in [0.29, 0.717) is 6.61 Å². The van der Waals surface area contributed by atoms with Gasteiger partial charge in [-0.2, -0.15) is 0 Å². The monoisotopic (exact) mass is 283 g/mol. The normalized spacial score (nSPS) is 17.1. The van der Waals surface area contributed by atoms with Crippen molar-refractivity contribution in [3.8, 4) is 11.5 Å². The molecule has 0 saturated heterocycles. The molecule has 3 heteroatoms. The summed E-state index contributed by atoms with van der Waals surface area (Å²) in [6, 6.07) is 14.4. The van der Waals surface area contributed by atoms with Crippen LogP contribution in [0.1, 0.15) is 35.6 Å². The zero-order valence-corrected chi connectivity index (χ0v) is 12.3. The van der Waals surface area contributed by atoms with Gasteiger partial charge in [0.2, 0.25) is 0 Å². The number of nitrogens with two attached hydrogens (primary N) is 1. The van der Waals surface area contributed by atoms with E-state index in [0.717, 1.165) is 29.9 Å². The smallest absolute Gasteiger partial charge is 0.120 e. The second-order valence-electron chi connectivity index (χ2n) is 5.50. The van der Waals surface area contributed by atoms with Crippen LogP contribution in [0.4, 0.5) is 0 Å². The van der Waals surface area contributed by atoms with Gasteiger partial charge in [0, 0.05) is 6.04 Å². The van der Waals surface area contributed by atoms with Gasteiger partial charge in [0.05, 0.1) is 7.11 Å². The fraction of sp³-hybridized carbons (Fsp3) is 0.333. The number of methoxy groups -OCH3 is 1. The van der Waals surface area contributed by atoms with Crippen molar-refractivity contribution in [3.63, 3.8) is 0 Å². The summed E-state index contributed by atoms with van der Waals surface area (Å²) in [5.41, 5.74) is 9.92. The summed E-state index contributed by atoms with van der Waals surface area (Å²) in [6.07, 6.45) is 3.37. The Morgan fingerprint density at radius 2 is 1.86 bits per heavy atom. The molecule has 0 unspecified atom stereocenters. The van der Waals surface area contributed by atoms with Crippen LogP contribution in [0.25, 0.3) is 0 Å². The van der Waals surface area contributed by atoms with E-state index in [-0.39, 0.29) is 6.04 Å². The van der Waals surface area contributed by atoms with Gasteiger partial charge in [0.25, 0.3) is 0 Å². The number of ether oxygens (including phenoxy) is 2.